The van der Waals surface area contributed by atoms with E-state index in [9.17, 15) is 14.7 Å². The van der Waals surface area contributed by atoms with Gasteiger partial charge >= 0.3 is 5.97 Å². The third kappa shape index (κ3) is 3.38. The number of rotatable bonds is 2. The molecule has 0 saturated carbocycles. The third-order valence-electron chi connectivity index (χ3n) is 4.87. The molecule has 8 nitrogen and oxygen atoms in total. The number of aromatic nitrogens is 3. The zero-order valence-electron chi connectivity index (χ0n) is 16.2. The number of hydrogen-bond donors (Lipinski definition) is 1. The number of fused-ring (bicyclic) bond motifs is 1. The number of esters is 1. The summed E-state index contributed by atoms with van der Waals surface area (Å²) in [5.74, 6) is 4.49. The number of benzene rings is 1. The number of carbonyl (C=O) groups is 2. The van der Waals surface area contributed by atoms with Gasteiger partial charge in [-0.1, -0.05) is 23.4 Å². The van der Waals surface area contributed by atoms with Crippen LogP contribution in [0.3, 0.4) is 0 Å². The van der Waals surface area contributed by atoms with Gasteiger partial charge in [0.1, 0.15) is 0 Å². The van der Waals surface area contributed by atoms with E-state index in [0.717, 1.165) is 0 Å². The van der Waals surface area contributed by atoms with Crippen molar-refractivity contribution < 1.29 is 19.4 Å². The minimum Gasteiger partial charge on any atom is -0.464 e. The Hall–Kier alpha value is -3.41. The molecule has 0 aliphatic carbocycles. The molecule has 3 heterocycles. The molecule has 0 unspecified atom stereocenters. The molecule has 1 fully saturated rings. The Morgan fingerprint density at radius 2 is 2.17 bits per heavy atom. The van der Waals surface area contributed by atoms with E-state index in [1.165, 1.54) is 16.7 Å². The molecule has 2 aromatic heterocycles. The summed E-state index contributed by atoms with van der Waals surface area (Å²) < 4.78 is 6.29. The van der Waals surface area contributed by atoms with Crippen LogP contribution in [0.25, 0.3) is 16.7 Å². The van der Waals surface area contributed by atoms with Crippen LogP contribution in [0, 0.1) is 11.8 Å². The fourth-order valence-electron chi connectivity index (χ4n) is 3.29. The number of nitrogens with zero attached hydrogens (tertiary/aromatic N) is 4. The fraction of sp³-hybridized carbons (Fsp3) is 0.238. The van der Waals surface area contributed by atoms with Crippen LogP contribution in [-0.2, 0) is 9.53 Å². The Bertz CT molecular complexity index is 1240. The van der Waals surface area contributed by atoms with E-state index in [-0.39, 0.29) is 12.1 Å². The lowest BCUT2D eigenvalue weighted by Gasteiger charge is -2.13. The number of hydrogen-bond acceptors (Lipinski definition) is 6. The van der Waals surface area contributed by atoms with Crippen molar-refractivity contribution in [2.24, 2.45) is 0 Å². The number of amides is 1. The van der Waals surface area contributed by atoms with Crippen LogP contribution in [0.15, 0.2) is 36.5 Å². The molecule has 9 heteroatoms. The molecular formula is C21H17ClN4O4. The van der Waals surface area contributed by atoms with Gasteiger partial charge < -0.3 is 14.7 Å². The first-order chi connectivity index (χ1) is 14.3. The number of likely N-dealkylation sites (tertiary alicyclic amines) is 1. The van der Waals surface area contributed by atoms with Gasteiger partial charge in [0, 0.05) is 36.8 Å². The van der Waals surface area contributed by atoms with Crippen molar-refractivity contribution >= 4 is 34.5 Å². The van der Waals surface area contributed by atoms with Gasteiger partial charge in [0.25, 0.3) is 5.91 Å². The molecule has 1 aliphatic rings. The number of halogens is 1. The maximum Gasteiger partial charge on any atom is 0.359 e. The fourth-order valence-corrected chi connectivity index (χ4v) is 3.52. The molecule has 0 bridgehead atoms. The van der Waals surface area contributed by atoms with Crippen molar-refractivity contribution in [1.82, 2.24) is 19.7 Å². The molecule has 1 aromatic carbocycles. The number of pyridine rings is 1. The molecule has 4 rings (SSSR count). The van der Waals surface area contributed by atoms with Gasteiger partial charge in [0.05, 0.1) is 18.2 Å². The van der Waals surface area contributed by atoms with E-state index in [4.69, 9.17) is 16.3 Å². The van der Waals surface area contributed by atoms with Crippen molar-refractivity contribution in [2.45, 2.75) is 12.0 Å². The first kappa shape index (κ1) is 19.9. The minimum atomic E-state index is -1.71. The standard InChI is InChI=1S/C21H17ClN4O4/c1-25-9-7-21(29,20(25)28)6-5-13-10-14(22)12-15(11-13)26-18-16(4-3-8-23-18)17(24-26)19(27)30-2/h3-4,8,10-12,29H,7,9H2,1-2H3/t21-/m0/s1. The van der Waals surface area contributed by atoms with Crippen molar-refractivity contribution in [2.75, 3.05) is 20.7 Å². The quantitative estimate of drug-likeness (QED) is 0.497. The van der Waals surface area contributed by atoms with Crippen molar-refractivity contribution in [1.29, 1.82) is 0 Å². The van der Waals surface area contributed by atoms with Gasteiger partial charge in [-0.15, -0.1) is 0 Å². The average molecular weight is 425 g/mol. The summed E-state index contributed by atoms with van der Waals surface area (Å²) in [5, 5.41) is 15.8. The Morgan fingerprint density at radius 3 is 2.87 bits per heavy atom. The SMILES string of the molecule is COC(=O)c1nn(-c2cc(Cl)cc(C#C[C@]3(O)CCN(C)C3=O)c2)c2ncccc12. The monoisotopic (exact) mass is 424 g/mol. The van der Waals surface area contributed by atoms with Gasteiger partial charge in [-0.2, -0.15) is 5.10 Å². The summed E-state index contributed by atoms with van der Waals surface area (Å²) in [7, 11) is 2.90. The Balaban J connectivity index is 1.80. The highest BCUT2D eigenvalue weighted by Gasteiger charge is 2.42. The second-order valence-corrected chi connectivity index (χ2v) is 7.35. The summed E-state index contributed by atoms with van der Waals surface area (Å²) in [6.45, 7) is 0.437. The first-order valence-electron chi connectivity index (χ1n) is 9.06. The second-order valence-electron chi connectivity index (χ2n) is 6.91. The molecule has 1 saturated heterocycles. The molecule has 0 radical (unpaired) electrons. The van der Waals surface area contributed by atoms with Crippen LogP contribution in [0.5, 0.6) is 0 Å². The molecular weight excluding hydrogens is 408 g/mol. The van der Waals surface area contributed by atoms with Crippen LogP contribution >= 0.6 is 11.6 Å². The van der Waals surface area contributed by atoms with Crippen LogP contribution in [0.4, 0.5) is 0 Å². The van der Waals surface area contributed by atoms with Crippen molar-refractivity contribution in [3.05, 3.63) is 52.8 Å². The Morgan fingerprint density at radius 1 is 1.37 bits per heavy atom. The van der Waals surface area contributed by atoms with E-state index in [1.54, 1.807) is 43.6 Å². The van der Waals surface area contributed by atoms with Crippen LogP contribution in [-0.4, -0.2) is 63.0 Å². The molecule has 152 valence electrons. The third-order valence-corrected chi connectivity index (χ3v) is 5.09. The highest BCUT2D eigenvalue weighted by atomic mass is 35.5. The zero-order valence-corrected chi connectivity index (χ0v) is 17.0. The van der Waals surface area contributed by atoms with E-state index in [1.807, 2.05) is 0 Å². The normalized spacial score (nSPS) is 18.4. The van der Waals surface area contributed by atoms with E-state index in [0.29, 0.717) is 33.9 Å². The Labute approximate surface area is 177 Å². The molecule has 1 atom stereocenters. The maximum atomic E-state index is 12.1. The summed E-state index contributed by atoms with van der Waals surface area (Å²) in [5.41, 5.74) is -0.137. The van der Waals surface area contributed by atoms with Crippen LogP contribution in [0.1, 0.15) is 22.5 Å². The maximum absolute atomic E-state index is 12.1. The zero-order chi connectivity index (χ0) is 21.5. The number of likely N-dealkylation sites (N-methyl/N-ethyl adjacent to an activating group) is 1. The summed E-state index contributed by atoms with van der Waals surface area (Å²) >= 11 is 6.27. The molecule has 3 aromatic rings. The van der Waals surface area contributed by atoms with Gasteiger partial charge in [-0.25, -0.2) is 14.5 Å². The second kappa shape index (κ2) is 7.44. The van der Waals surface area contributed by atoms with E-state index in [2.05, 4.69) is 21.9 Å². The van der Waals surface area contributed by atoms with Gasteiger partial charge in [0.15, 0.2) is 11.3 Å². The lowest BCUT2D eigenvalue weighted by atomic mass is 10.0. The average Bonchev–Trinajstić information content (AvgIpc) is 3.25. The predicted octanol–water partition coefficient (Wildman–Crippen LogP) is 1.81. The minimum absolute atomic E-state index is 0.127. The molecule has 1 aliphatic heterocycles. The predicted molar refractivity (Wildman–Crippen MR) is 109 cm³/mol. The molecule has 1 amide bonds. The highest BCUT2D eigenvalue weighted by Crippen LogP contribution is 2.25. The van der Waals surface area contributed by atoms with E-state index >= 15 is 0 Å². The topological polar surface area (TPSA) is 97.5 Å². The number of methoxy groups -OCH3 is 1. The van der Waals surface area contributed by atoms with Crippen molar-refractivity contribution in [3.63, 3.8) is 0 Å². The number of ether oxygens (including phenoxy) is 1. The largest absolute Gasteiger partial charge is 0.464 e. The Kier molecular flexibility index (Phi) is 4.94. The van der Waals surface area contributed by atoms with Crippen molar-refractivity contribution in [3.8, 4) is 17.5 Å². The summed E-state index contributed by atoms with van der Waals surface area (Å²) in [6.07, 6.45) is 1.82. The lowest BCUT2D eigenvalue weighted by Crippen LogP contribution is -2.37. The molecule has 1 N–H and O–H groups in total. The van der Waals surface area contributed by atoms with E-state index < -0.39 is 17.5 Å². The van der Waals surface area contributed by atoms with Gasteiger partial charge in [0.2, 0.25) is 5.60 Å². The lowest BCUT2D eigenvalue weighted by molar-refractivity contribution is -0.137. The first-order valence-corrected chi connectivity index (χ1v) is 9.44. The summed E-state index contributed by atoms with van der Waals surface area (Å²) in [6, 6.07) is 8.38. The molecule has 0 spiro atoms. The number of aliphatic hydroxyl groups is 1. The van der Waals surface area contributed by atoms with Crippen LogP contribution in [0.2, 0.25) is 5.02 Å². The highest BCUT2D eigenvalue weighted by molar-refractivity contribution is 6.30. The summed E-state index contributed by atoms with van der Waals surface area (Å²) in [4.78, 5) is 30.0. The van der Waals surface area contributed by atoms with Gasteiger partial charge in [-0.05, 0) is 30.3 Å². The smallest absolute Gasteiger partial charge is 0.359 e. The van der Waals surface area contributed by atoms with Crippen LogP contribution < -0.4 is 0 Å². The number of carbonyl (C=O) groups excluding carboxylic acids is 2. The van der Waals surface area contributed by atoms with Gasteiger partial charge in [-0.3, -0.25) is 4.79 Å². The molecule has 30 heavy (non-hydrogen) atoms.